The molecule has 0 spiro atoms. The van der Waals surface area contributed by atoms with Gasteiger partial charge in [-0.2, -0.15) is 4.98 Å². The fourth-order valence-corrected chi connectivity index (χ4v) is 4.40. The smallest absolute Gasteiger partial charge is 0.226 e. The van der Waals surface area contributed by atoms with Crippen LogP contribution in [0.15, 0.2) is 28.8 Å². The minimum Gasteiger partial charge on any atom is -0.355 e. The van der Waals surface area contributed by atoms with Gasteiger partial charge in [-0.25, -0.2) is 4.39 Å². The fraction of sp³-hybridized carbons (Fsp3) is 0.600. The molecular formula is C25H36FN5O3. The summed E-state index contributed by atoms with van der Waals surface area (Å²) in [4.78, 5) is 33.5. The summed E-state index contributed by atoms with van der Waals surface area (Å²) in [6, 6.07) is 5.90. The summed E-state index contributed by atoms with van der Waals surface area (Å²) in [5.74, 6) is 0.685. The van der Waals surface area contributed by atoms with Gasteiger partial charge in [0.05, 0.1) is 0 Å². The van der Waals surface area contributed by atoms with E-state index in [1.54, 1.807) is 12.1 Å². The molecule has 1 saturated heterocycles. The van der Waals surface area contributed by atoms with Crippen molar-refractivity contribution in [2.45, 2.75) is 46.0 Å². The normalized spacial score (nSPS) is 15.1. The molecule has 2 amide bonds. The average molecular weight is 474 g/mol. The molecule has 0 aliphatic carbocycles. The van der Waals surface area contributed by atoms with E-state index < -0.39 is 0 Å². The van der Waals surface area contributed by atoms with Crippen molar-refractivity contribution in [2.24, 2.45) is 11.3 Å². The van der Waals surface area contributed by atoms with Crippen LogP contribution >= 0.6 is 0 Å². The molecule has 1 aliphatic rings. The molecule has 2 aromatic rings. The standard InChI is InChI=1S/C25H36FN5O3/c1-25(2,17-30(3)4)16-27-24(33)19-12-14-31(15-13-19)22(32)7-5-6-21-28-23(29-34-21)18-8-10-20(26)11-9-18/h8-11,19H,5-7,12-17H2,1-4H3,(H,27,33). The lowest BCUT2D eigenvalue weighted by Gasteiger charge is -2.33. The molecule has 2 heterocycles. The third kappa shape index (κ3) is 7.62. The van der Waals surface area contributed by atoms with Crippen LogP contribution in [0, 0.1) is 17.2 Å². The third-order valence-electron chi connectivity index (χ3n) is 6.06. The molecule has 8 nitrogen and oxygen atoms in total. The number of nitrogens with zero attached hydrogens (tertiary/aromatic N) is 4. The number of carbonyl (C=O) groups is 2. The van der Waals surface area contributed by atoms with E-state index in [9.17, 15) is 14.0 Å². The number of aromatic nitrogens is 2. The maximum atomic E-state index is 13.1. The number of benzene rings is 1. The van der Waals surface area contributed by atoms with Crippen LogP contribution in [-0.2, 0) is 16.0 Å². The molecule has 34 heavy (non-hydrogen) atoms. The summed E-state index contributed by atoms with van der Waals surface area (Å²) in [6.07, 6.45) is 2.88. The van der Waals surface area contributed by atoms with Crippen molar-refractivity contribution >= 4 is 11.8 Å². The third-order valence-corrected chi connectivity index (χ3v) is 6.06. The number of hydrogen-bond acceptors (Lipinski definition) is 6. The molecule has 0 saturated carbocycles. The molecule has 1 aromatic heterocycles. The topological polar surface area (TPSA) is 91.6 Å². The van der Waals surface area contributed by atoms with Crippen molar-refractivity contribution < 1.29 is 18.5 Å². The van der Waals surface area contributed by atoms with E-state index in [4.69, 9.17) is 4.52 Å². The van der Waals surface area contributed by atoms with Gasteiger partial charge >= 0.3 is 0 Å². The lowest BCUT2D eigenvalue weighted by Crippen LogP contribution is -2.46. The van der Waals surface area contributed by atoms with Crippen molar-refractivity contribution in [1.29, 1.82) is 0 Å². The second kappa shape index (κ2) is 11.6. The van der Waals surface area contributed by atoms with Gasteiger partial charge in [0, 0.05) is 50.5 Å². The van der Waals surface area contributed by atoms with Crippen LogP contribution in [0.25, 0.3) is 11.4 Å². The van der Waals surface area contributed by atoms with Crippen LogP contribution in [-0.4, -0.2) is 72.0 Å². The number of rotatable bonds is 10. The van der Waals surface area contributed by atoms with Crippen LogP contribution in [0.3, 0.4) is 0 Å². The number of carbonyl (C=O) groups excluding carboxylic acids is 2. The molecule has 1 aromatic carbocycles. The molecule has 0 atom stereocenters. The lowest BCUT2D eigenvalue weighted by atomic mass is 9.91. The van der Waals surface area contributed by atoms with Crippen molar-refractivity contribution in [3.8, 4) is 11.4 Å². The molecule has 0 unspecified atom stereocenters. The van der Waals surface area contributed by atoms with Crippen molar-refractivity contribution in [3.05, 3.63) is 36.0 Å². The van der Waals surface area contributed by atoms with Crippen LogP contribution in [0.4, 0.5) is 4.39 Å². The Bertz CT molecular complexity index is 950. The molecule has 186 valence electrons. The summed E-state index contributed by atoms with van der Waals surface area (Å²) < 4.78 is 18.3. The van der Waals surface area contributed by atoms with Crippen LogP contribution in [0.1, 0.15) is 45.4 Å². The van der Waals surface area contributed by atoms with E-state index >= 15 is 0 Å². The molecule has 1 aliphatic heterocycles. The second-order valence-corrected chi connectivity index (χ2v) is 10.1. The molecule has 3 rings (SSSR count). The number of aryl methyl sites for hydroxylation is 1. The number of hydrogen-bond donors (Lipinski definition) is 1. The van der Waals surface area contributed by atoms with Gasteiger partial charge in [-0.15, -0.1) is 0 Å². The van der Waals surface area contributed by atoms with Crippen molar-refractivity contribution in [3.63, 3.8) is 0 Å². The Morgan fingerprint density at radius 1 is 1.21 bits per heavy atom. The van der Waals surface area contributed by atoms with Crippen LogP contribution in [0.2, 0.25) is 0 Å². The molecular weight excluding hydrogens is 437 g/mol. The van der Waals surface area contributed by atoms with Gasteiger partial charge < -0.3 is 19.6 Å². The number of amides is 2. The summed E-state index contributed by atoms with van der Waals surface area (Å²) in [7, 11) is 4.06. The first-order valence-corrected chi connectivity index (χ1v) is 11.9. The van der Waals surface area contributed by atoms with Gasteiger partial charge in [0.15, 0.2) is 0 Å². The van der Waals surface area contributed by atoms with E-state index in [2.05, 4.69) is 34.2 Å². The number of piperidine rings is 1. The summed E-state index contributed by atoms with van der Waals surface area (Å²) in [6.45, 7) is 7.04. The zero-order valence-electron chi connectivity index (χ0n) is 20.6. The zero-order valence-corrected chi connectivity index (χ0v) is 20.6. The van der Waals surface area contributed by atoms with E-state index in [1.165, 1.54) is 12.1 Å². The Kier molecular flexibility index (Phi) is 8.77. The highest BCUT2D eigenvalue weighted by atomic mass is 19.1. The average Bonchev–Trinajstić information content (AvgIpc) is 3.26. The molecule has 0 radical (unpaired) electrons. The minimum absolute atomic E-state index is 0.00791. The highest BCUT2D eigenvalue weighted by Crippen LogP contribution is 2.21. The Morgan fingerprint density at radius 2 is 1.88 bits per heavy atom. The first-order valence-electron chi connectivity index (χ1n) is 11.9. The molecule has 1 fully saturated rings. The Balaban J connectivity index is 1.36. The van der Waals surface area contributed by atoms with Gasteiger partial charge in [-0.3, -0.25) is 9.59 Å². The van der Waals surface area contributed by atoms with Gasteiger partial charge in [-0.05, 0) is 63.0 Å². The number of nitrogens with one attached hydrogen (secondary N) is 1. The highest BCUT2D eigenvalue weighted by molar-refractivity contribution is 5.80. The first-order chi connectivity index (χ1) is 16.1. The first kappa shape index (κ1) is 25.8. The summed E-state index contributed by atoms with van der Waals surface area (Å²) in [5.41, 5.74) is 0.689. The van der Waals surface area contributed by atoms with E-state index in [0.29, 0.717) is 69.0 Å². The number of likely N-dealkylation sites (tertiary alicyclic amines) is 1. The van der Waals surface area contributed by atoms with Crippen molar-refractivity contribution in [1.82, 2.24) is 25.3 Å². The van der Waals surface area contributed by atoms with Gasteiger partial charge in [0.2, 0.25) is 23.5 Å². The fourth-order valence-electron chi connectivity index (χ4n) is 4.40. The monoisotopic (exact) mass is 473 g/mol. The predicted molar refractivity (Wildman–Crippen MR) is 127 cm³/mol. The van der Waals surface area contributed by atoms with Crippen LogP contribution in [0.5, 0.6) is 0 Å². The second-order valence-electron chi connectivity index (χ2n) is 10.1. The Labute approximate surface area is 200 Å². The van der Waals surface area contributed by atoms with Gasteiger partial charge in [0.25, 0.3) is 0 Å². The lowest BCUT2D eigenvalue weighted by molar-refractivity contribution is -0.135. The molecule has 1 N–H and O–H groups in total. The SMILES string of the molecule is CN(C)CC(C)(C)CNC(=O)C1CCN(C(=O)CCCc2nc(-c3ccc(F)cc3)no2)CC1. The number of halogens is 1. The van der Waals surface area contributed by atoms with E-state index in [0.717, 1.165) is 6.54 Å². The molecule has 9 heteroatoms. The van der Waals surface area contributed by atoms with Gasteiger partial charge in [0.1, 0.15) is 5.82 Å². The van der Waals surface area contributed by atoms with Gasteiger partial charge in [-0.1, -0.05) is 19.0 Å². The van der Waals surface area contributed by atoms with Crippen LogP contribution < -0.4 is 5.32 Å². The van der Waals surface area contributed by atoms with E-state index in [1.807, 2.05) is 19.0 Å². The largest absolute Gasteiger partial charge is 0.355 e. The zero-order chi connectivity index (χ0) is 24.7. The summed E-state index contributed by atoms with van der Waals surface area (Å²) >= 11 is 0. The Hall–Kier alpha value is -2.81. The van der Waals surface area contributed by atoms with Crippen molar-refractivity contribution in [2.75, 3.05) is 40.3 Å². The molecule has 0 bridgehead atoms. The Morgan fingerprint density at radius 3 is 2.53 bits per heavy atom. The minimum atomic E-state index is -0.320. The van der Waals surface area contributed by atoms with E-state index in [-0.39, 0.29) is 29.0 Å². The maximum absolute atomic E-state index is 13.1. The summed E-state index contributed by atoms with van der Waals surface area (Å²) in [5, 5.41) is 7.03. The quantitative estimate of drug-likeness (QED) is 0.570. The highest BCUT2D eigenvalue weighted by Gasteiger charge is 2.28. The predicted octanol–water partition coefficient (Wildman–Crippen LogP) is 3.14. The maximum Gasteiger partial charge on any atom is 0.226 e.